The maximum Gasteiger partial charge on any atom is 0.335 e. The van der Waals surface area contributed by atoms with E-state index < -0.39 is 17.3 Å². The van der Waals surface area contributed by atoms with E-state index in [9.17, 15) is 14.7 Å². The maximum atomic E-state index is 13.0. The van der Waals surface area contributed by atoms with Crippen molar-refractivity contribution in [2.75, 3.05) is 20.2 Å². The maximum absolute atomic E-state index is 13.0. The first-order valence-electron chi connectivity index (χ1n) is 10.6. The van der Waals surface area contributed by atoms with Crippen LogP contribution in [-0.2, 0) is 6.42 Å². The summed E-state index contributed by atoms with van der Waals surface area (Å²) in [6, 6.07) is 14.2. The first-order chi connectivity index (χ1) is 15.5. The molecule has 8 nitrogen and oxygen atoms in total. The molecule has 0 spiro atoms. The van der Waals surface area contributed by atoms with Crippen LogP contribution in [0.3, 0.4) is 0 Å². The number of H-pyrrole nitrogens is 2. The summed E-state index contributed by atoms with van der Waals surface area (Å²) in [6.45, 7) is 3.43. The van der Waals surface area contributed by atoms with Crippen molar-refractivity contribution >= 4 is 10.9 Å². The first-order valence-corrected chi connectivity index (χ1v) is 10.6. The predicted octanol–water partition coefficient (Wildman–Crippen LogP) is 2.69. The molecule has 0 saturated heterocycles. The van der Waals surface area contributed by atoms with Gasteiger partial charge in [0.1, 0.15) is 11.3 Å². The van der Waals surface area contributed by atoms with Gasteiger partial charge in [-0.25, -0.2) is 9.36 Å². The molecule has 32 heavy (non-hydrogen) atoms. The van der Waals surface area contributed by atoms with Gasteiger partial charge in [-0.05, 0) is 48.9 Å². The molecule has 1 atom stereocenters. The van der Waals surface area contributed by atoms with Gasteiger partial charge in [0.25, 0.3) is 5.56 Å². The Morgan fingerprint density at radius 2 is 1.84 bits per heavy atom. The van der Waals surface area contributed by atoms with E-state index in [1.54, 1.807) is 31.4 Å². The molecule has 0 fully saturated rings. The molecule has 3 N–H and O–H groups in total. The second-order valence-corrected chi connectivity index (χ2v) is 7.87. The highest BCUT2D eigenvalue weighted by atomic mass is 16.5. The molecule has 1 aliphatic rings. The summed E-state index contributed by atoms with van der Waals surface area (Å²) < 4.78 is 6.31. The number of aromatic nitrogens is 3. The Bertz CT molecular complexity index is 1410. The fourth-order valence-corrected chi connectivity index (χ4v) is 4.71. The van der Waals surface area contributed by atoms with Gasteiger partial charge in [-0.15, -0.1) is 0 Å². The molecule has 5 rings (SSSR count). The second kappa shape index (κ2) is 7.72. The van der Waals surface area contributed by atoms with Crippen LogP contribution in [0.2, 0.25) is 0 Å². The minimum atomic E-state index is -0.697. The van der Waals surface area contributed by atoms with E-state index in [0.717, 1.165) is 39.7 Å². The van der Waals surface area contributed by atoms with Gasteiger partial charge in [0, 0.05) is 23.1 Å². The summed E-state index contributed by atoms with van der Waals surface area (Å²) in [5, 5.41) is 12.4. The molecule has 164 valence electrons. The third kappa shape index (κ3) is 3.03. The third-order valence-electron chi connectivity index (χ3n) is 6.27. The molecule has 8 heteroatoms. The minimum Gasteiger partial charge on any atom is -0.497 e. The van der Waals surface area contributed by atoms with Crippen LogP contribution >= 0.6 is 0 Å². The number of para-hydroxylation sites is 1. The van der Waals surface area contributed by atoms with Crippen LogP contribution in [0.4, 0.5) is 0 Å². The SMILES string of the molecule is CCN1CCc2c([nH]c3ccccc23)C1c1c(O)n(-c2ccc(OC)cc2)c(=O)[nH]c1=O. The van der Waals surface area contributed by atoms with Gasteiger partial charge in [-0.3, -0.25) is 14.7 Å². The normalized spacial score (nSPS) is 16.2. The molecule has 4 aromatic rings. The highest BCUT2D eigenvalue weighted by Crippen LogP contribution is 2.39. The lowest BCUT2D eigenvalue weighted by molar-refractivity contribution is 0.215. The lowest BCUT2D eigenvalue weighted by Gasteiger charge is -2.35. The lowest BCUT2D eigenvalue weighted by atomic mass is 9.93. The van der Waals surface area contributed by atoms with Crippen LogP contribution in [0.25, 0.3) is 16.6 Å². The van der Waals surface area contributed by atoms with Crippen molar-refractivity contribution in [3.05, 3.63) is 86.2 Å². The van der Waals surface area contributed by atoms with Crippen LogP contribution < -0.4 is 16.0 Å². The Kier molecular flexibility index (Phi) is 4.86. The third-order valence-corrected chi connectivity index (χ3v) is 6.27. The van der Waals surface area contributed by atoms with Crippen LogP contribution in [0.5, 0.6) is 11.6 Å². The molecular weight excluding hydrogens is 408 g/mol. The molecule has 1 unspecified atom stereocenters. The van der Waals surface area contributed by atoms with Crippen molar-refractivity contribution in [1.29, 1.82) is 0 Å². The van der Waals surface area contributed by atoms with Gasteiger partial charge in [-0.1, -0.05) is 25.1 Å². The van der Waals surface area contributed by atoms with E-state index in [-0.39, 0.29) is 11.4 Å². The number of nitrogens with zero attached hydrogens (tertiary/aromatic N) is 2. The molecule has 0 aliphatic carbocycles. The summed E-state index contributed by atoms with van der Waals surface area (Å²) in [6.07, 6.45) is 0.834. The van der Waals surface area contributed by atoms with E-state index in [0.29, 0.717) is 18.0 Å². The number of hydrogen-bond acceptors (Lipinski definition) is 5. The van der Waals surface area contributed by atoms with Crippen LogP contribution in [0.15, 0.2) is 58.1 Å². The number of benzene rings is 2. The highest BCUT2D eigenvalue weighted by Gasteiger charge is 2.35. The first kappa shape index (κ1) is 20.1. The Balaban J connectivity index is 1.75. The van der Waals surface area contributed by atoms with Crippen molar-refractivity contribution in [2.45, 2.75) is 19.4 Å². The van der Waals surface area contributed by atoms with E-state index in [4.69, 9.17) is 4.74 Å². The molecule has 1 aliphatic heterocycles. The van der Waals surface area contributed by atoms with Crippen molar-refractivity contribution in [1.82, 2.24) is 19.4 Å². The number of methoxy groups -OCH3 is 1. The molecule has 0 radical (unpaired) electrons. The summed E-state index contributed by atoms with van der Waals surface area (Å²) in [5.41, 5.74) is 2.29. The smallest absolute Gasteiger partial charge is 0.335 e. The minimum absolute atomic E-state index is 0.148. The number of ether oxygens (including phenoxy) is 1. The highest BCUT2D eigenvalue weighted by molar-refractivity contribution is 5.85. The number of fused-ring (bicyclic) bond motifs is 3. The zero-order valence-electron chi connectivity index (χ0n) is 17.9. The van der Waals surface area contributed by atoms with E-state index >= 15 is 0 Å². The molecule has 0 amide bonds. The Morgan fingerprint density at radius 3 is 2.56 bits per heavy atom. The Hall–Kier alpha value is -3.78. The summed E-state index contributed by atoms with van der Waals surface area (Å²) in [7, 11) is 1.55. The van der Waals surface area contributed by atoms with Gasteiger partial charge in [0.2, 0.25) is 5.88 Å². The summed E-state index contributed by atoms with van der Waals surface area (Å²) in [5.74, 6) is 0.261. The molecule has 0 saturated carbocycles. The number of aromatic amines is 2. The largest absolute Gasteiger partial charge is 0.497 e. The molecule has 3 heterocycles. The second-order valence-electron chi connectivity index (χ2n) is 7.87. The lowest BCUT2D eigenvalue weighted by Crippen LogP contribution is -2.41. The van der Waals surface area contributed by atoms with Crippen molar-refractivity contribution in [2.24, 2.45) is 0 Å². The monoisotopic (exact) mass is 432 g/mol. The number of hydrogen-bond donors (Lipinski definition) is 3. The number of likely N-dealkylation sites (N-methyl/N-ethyl adjacent to an activating group) is 1. The number of aromatic hydroxyl groups is 1. The quantitative estimate of drug-likeness (QED) is 0.460. The van der Waals surface area contributed by atoms with Crippen LogP contribution in [-0.4, -0.2) is 44.7 Å². The van der Waals surface area contributed by atoms with Gasteiger partial charge in [-0.2, -0.15) is 0 Å². The fraction of sp³-hybridized carbons (Fsp3) is 0.250. The summed E-state index contributed by atoms with van der Waals surface area (Å²) >= 11 is 0. The molecule has 2 aromatic heterocycles. The zero-order chi connectivity index (χ0) is 22.4. The number of nitrogens with one attached hydrogen (secondary N) is 2. The van der Waals surface area contributed by atoms with E-state index in [2.05, 4.69) is 20.9 Å². The van der Waals surface area contributed by atoms with E-state index in [1.165, 1.54) is 0 Å². The summed E-state index contributed by atoms with van der Waals surface area (Å²) in [4.78, 5) is 33.7. The topological polar surface area (TPSA) is 103 Å². The van der Waals surface area contributed by atoms with E-state index in [1.807, 2.05) is 25.1 Å². The zero-order valence-corrected chi connectivity index (χ0v) is 17.9. The average Bonchev–Trinajstić information content (AvgIpc) is 3.18. The molecule has 0 bridgehead atoms. The fourth-order valence-electron chi connectivity index (χ4n) is 4.71. The van der Waals surface area contributed by atoms with Crippen LogP contribution in [0.1, 0.15) is 29.8 Å². The van der Waals surface area contributed by atoms with Gasteiger partial charge in [0.15, 0.2) is 0 Å². The Labute approximate surface area is 183 Å². The van der Waals surface area contributed by atoms with Crippen molar-refractivity contribution in [3.8, 4) is 17.3 Å². The molecular formula is C24H24N4O4. The van der Waals surface area contributed by atoms with Crippen molar-refractivity contribution < 1.29 is 9.84 Å². The standard InChI is InChI=1S/C24H24N4O4/c1-3-27-13-12-17-16-6-4-5-7-18(16)25-20(17)21(27)19-22(29)26-24(31)28(23(19)30)14-8-10-15(32-2)11-9-14/h4-11,21,25,30H,3,12-13H2,1-2H3,(H,26,29,31). The number of rotatable bonds is 4. The predicted molar refractivity (Wildman–Crippen MR) is 122 cm³/mol. The van der Waals surface area contributed by atoms with Crippen molar-refractivity contribution in [3.63, 3.8) is 0 Å². The van der Waals surface area contributed by atoms with Gasteiger partial charge < -0.3 is 14.8 Å². The molecule has 2 aromatic carbocycles. The van der Waals surface area contributed by atoms with Gasteiger partial charge in [0.05, 0.1) is 18.8 Å². The Morgan fingerprint density at radius 1 is 1.09 bits per heavy atom. The van der Waals surface area contributed by atoms with Crippen LogP contribution in [0, 0.1) is 0 Å². The average molecular weight is 432 g/mol. The van der Waals surface area contributed by atoms with Gasteiger partial charge >= 0.3 is 5.69 Å².